The summed E-state index contributed by atoms with van der Waals surface area (Å²) >= 11 is 1.76. The maximum Gasteiger partial charge on any atom is 0.231 e. The van der Waals surface area contributed by atoms with Crippen LogP contribution in [0, 0.1) is 0 Å². The summed E-state index contributed by atoms with van der Waals surface area (Å²) in [5.41, 5.74) is 2.06. The van der Waals surface area contributed by atoms with Crippen LogP contribution >= 0.6 is 11.3 Å². The van der Waals surface area contributed by atoms with E-state index in [9.17, 15) is 4.79 Å². The predicted molar refractivity (Wildman–Crippen MR) is 99.5 cm³/mol. The van der Waals surface area contributed by atoms with Crippen molar-refractivity contribution < 1.29 is 9.53 Å². The van der Waals surface area contributed by atoms with Crippen LogP contribution < -0.4 is 10.1 Å². The van der Waals surface area contributed by atoms with Gasteiger partial charge < -0.3 is 10.1 Å². The van der Waals surface area contributed by atoms with Crippen molar-refractivity contribution in [2.45, 2.75) is 39.0 Å². The molecule has 0 unspecified atom stereocenters. The number of amides is 1. The average Bonchev–Trinajstić information content (AvgIpc) is 2.78. The van der Waals surface area contributed by atoms with E-state index >= 15 is 0 Å². The molecule has 3 aromatic rings. The molecule has 4 rings (SSSR count). The number of fused-ring (bicyclic) bond motifs is 3. The number of aromatic nitrogens is 2. The van der Waals surface area contributed by atoms with Crippen molar-refractivity contribution in [2.24, 2.45) is 0 Å². The summed E-state index contributed by atoms with van der Waals surface area (Å²) in [4.78, 5) is 22.5. The average molecular weight is 353 g/mol. The van der Waals surface area contributed by atoms with Gasteiger partial charge in [0.15, 0.2) is 0 Å². The highest BCUT2D eigenvalue weighted by molar-refractivity contribution is 7.18. The molecule has 0 spiro atoms. The molecule has 1 amide bonds. The first kappa shape index (κ1) is 16.0. The minimum absolute atomic E-state index is 0.107. The number of anilines is 1. The number of carbonyl (C=O) groups is 1. The van der Waals surface area contributed by atoms with Crippen molar-refractivity contribution in [1.29, 1.82) is 0 Å². The Balaban J connectivity index is 1.72. The third kappa shape index (κ3) is 3.35. The molecule has 0 atom stereocenters. The summed E-state index contributed by atoms with van der Waals surface area (Å²) in [6.45, 7) is 1.49. The molecule has 5 nitrogen and oxygen atoms in total. The van der Waals surface area contributed by atoms with Crippen molar-refractivity contribution in [3.63, 3.8) is 0 Å². The number of benzene rings is 1. The Morgan fingerprint density at radius 2 is 2.08 bits per heavy atom. The SMILES string of the molecule is CC(=O)Nc1cccc(Oc2ncnc3sc4c(c23)CCCCC4)c1. The number of rotatable bonds is 3. The van der Waals surface area contributed by atoms with E-state index in [1.807, 2.05) is 18.2 Å². The van der Waals surface area contributed by atoms with E-state index in [0.717, 1.165) is 23.1 Å². The highest BCUT2D eigenvalue weighted by Gasteiger charge is 2.20. The summed E-state index contributed by atoms with van der Waals surface area (Å²) < 4.78 is 6.08. The molecule has 0 saturated carbocycles. The van der Waals surface area contributed by atoms with Crippen LogP contribution in [0.4, 0.5) is 5.69 Å². The van der Waals surface area contributed by atoms with E-state index in [4.69, 9.17) is 4.74 Å². The number of nitrogens with one attached hydrogen (secondary N) is 1. The van der Waals surface area contributed by atoms with Crippen LogP contribution in [0.25, 0.3) is 10.2 Å². The first-order valence-electron chi connectivity index (χ1n) is 8.51. The standard InChI is InChI=1S/C19H19N3O2S/c1-12(23)22-13-6-5-7-14(10-13)24-18-17-15-8-3-2-4-9-16(15)25-19(17)21-11-20-18/h5-7,10-11H,2-4,8-9H2,1H3,(H,22,23). The van der Waals surface area contributed by atoms with Gasteiger partial charge in [-0.05, 0) is 43.4 Å². The van der Waals surface area contributed by atoms with Crippen LogP contribution in [0.3, 0.4) is 0 Å². The lowest BCUT2D eigenvalue weighted by Crippen LogP contribution is -2.05. The maximum absolute atomic E-state index is 11.2. The fourth-order valence-corrected chi connectivity index (χ4v) is 4.49. The van der Waals surface area contributed by atoms with Gasteiger partial charge in [0, 0.05) is 23.6 Å². The topological polar surface area (TPSA) is 64.1 Å². The van der Waals surface area contributed by atoms with E-state index in [-0.39, 0.29) is 5.91 Å². The van der Waals surface area contributed by atoms with Crippen LogP contribution in [-0.2, 0) is 17.6 Å². The minimum atomic E-state index is -0.107. The molecule has 0 radical (unpaired) electrons. The number of hydrogen-bond acceptors (Lipinski definition) is 5. The fourth-order valence-electron chi connectivity index (χ4n) is 3.27. The molecule has 1 N–H and O–H groups in total. The van der Waals surface area contributed by atoms with Crippen LogP contribution in [0.15, 0.2) is 30.6 Å². The summed E-state index contributed by atoms with van der Waals surface area (Å²) in [6, 6.07) is 7.36. The van der Waals surface area contributed by atoms with Crippen molar-refractivity contribution >= 4 is 33.1 Å². The number of carbonyl (C=O) groups excluding carboxylic acids is 1. The second-order valence-electron chi connectivity index (χ2n) is 6.23. The number of ether oxygens (including phenoxy) is 1. The number of thiophene rings is 1. The zero-order valence-corrected chi connectivity index (χ0v) is 14.9. The van der Waals surface area contributed by atoms with E-state index in [1.54, 1.807) is 23.7 Å². The zero-order chi connectivity index (χ0) is 17.2. The zero-order valence-electron chi connectivity index (χ0n) is 14.0. The Labute approximate surface area is 150 Å². The number of hydrogen-bond donors (Lipinski definition) is 1. The lowest BCUT2D eigenvalue weighted by atomic mass is 10.1. The fraction of sp³-hybridized carbons (Fsp3) is 0.316. The maximum atomic E-state index is 11.2. The molecule has 0 aliphatic heterocycles. The number of nitrogens with zero attached hydrogens (tertiary/aromatic N) is 2. The van der Waals surface area contributed by atoms with Gasteiger partial charge in [-0.2, -0.15) is 0 Å². The summed E-state index contributed by atoms with van der Waals surface area (Å²) in [5, 5.41) is 3.82. The third-order valence-corrected chi connectivity index (χ3v) is 5.54. The molecule has 6 heteroatoms. The molecule has 0 saturated heterocycles. The molecule has 25 heavy (non-hydrogen) atoms. The van der Waals surface area contributed by atoms with Gasteiger partial charge in [-0.15, -0.1) is 11.3 Å². The predicted octanol–water partition coefficient (Wildman–Crippen LogP) is 4.71. The Bertz CT molecular complexity index is 936. The smallest absolute Gasteiger partial charge is 0.231 e. The lowest BCUT2D eigenvalue weighted by Gasteiger charge is -2.09. The largest absolute Gasteiger partial charge is 0.438 e. The van der Waals surface area contributed by atoms with Gasteiger partial charge in [0.1, 0.15) is 16.9 Å². The Morgan fingerprint density at radius 3 is 2.96 bits per heavy atom. The van der Waals surface area contributed by atoms with Crippen molar-refractivity contribution in [3.8, 4) is 11.6 Å². The molecule has 128 valence electrons. The van der Waals surface area contributed by atoms with E-state index in [1.165, 1.54) is 36.6 Å². The Morgan fingerprint density at radius 1 is 1.20 bits per heavy atom. The molecule has 2 aromatic heterocycles. The van der Waals surface area contributed by atoms with Crippen molar-refractivity contribution in [1.82, 2.24) is 9.97 Å². The van der Waals surface area contributed by atoms with Gasteiger partial charge >= 0.3 is 0 Å². The van der Waals surface area contributed by atoms with Gasteiger partial charge in [0.05, 0.1) is 5.39 Å². The highest BCUT2D eigenvalue weighted by Crippen LogP contribution is 2.39. The lowest BCUT2D eigenvalue weighted by molar-refractivity contribution is -0.114. The highest BCUT2D eigenvalue weighted by atomic mass is 32.1. The minimum Gasteiger partial charge on any atom is -0.438 e. The van der Waals surface area contributed by atoms with Crippen LogP contribution in [0.1, 0.15) is 36.6 Å². The van der Waals surface area contributed by atoms with Crippen LogP contribution in [-0.4, -0.2) is 15.9 Å². The van der Waals surface area contributed by atoms with E-state index in [0.29, 0.717) is 17.3 Å². The van der Waals surface area contributed by atoms with Crippen molar-refractivity contribution in [2.75, 3.05) is 5.32 Å². The molecular weight excluding hydrogens is 334 g/mol. The van der Waals surface area contributed by atoms with Gasteiger partial charge in [0.2, 0.25) is 11.8 Å². The second-order valence-corrected chi connectivity index (χ2v) is 7.32. The summed E-state index contributed by atoms with van der Waals surface area (Å²) in [7, 11) is 0. The molecule has 0 bridgehead atoms. The normalized spacial score (nSPS) is 14.0. The monoisotopic (exact) mass is 353 g/mol. The summed E-state index contributed by atoms with van der Waals surface area (Å²) in [6.07, 6.45) is 7.45. The molecular formula is C19H19N3O2S. The molecule has 1 aliphatic carbocycles. The van der Waals surface area contributed by atoms with Crippen LogP contribution in [0.2, 0.25) is 0 Å². The quantitative estimate of drug-likeness (QED) is 0.693. The van der Waals surface area contributed by atoms with Gasteiger partial charge in [-0.1, -0.05) is 12.5 Å². The first-order valence-corrected chi connectivity index (χ1v) is 9.33. The Kier molecular flexibility index (Phi) is 4.36. The van der Waals surface area contributed by atoms with E-state index < -0.39 is 0 Å². The van der Waals surface area contributed by atoms with Crippen LogP contribution in [0.5, 0.6) is 11.6 Å². The molecule has 1 aromatic carbocycles. The second kappa shape index (κ2) is 6.80. The summed E-state index contributed by atoms with van der Waals surface area (Å²) in [5.74, 6) is 1.15. The molecule has 2 heterocycles. The van der Waals surface area contributed by atoms with Gasteiger partial charge in [0.25, 0.3) is 0 Å². The first-order chi connectivity index (χ1) is 12.2. The van der Waals surface area contributed by atoms with Gasteiger partial charge in [-0.3, -0.25) is 4.79 Å². The van der Waals surface area contributed by atoms with Crippen molar-refractivity contribution in [3.05, 3.63) is 41.0 Å². The Hall–Kier alpha value is -2.47. The molecule has 0 fully saturated rings. The number of aryl methyl sites for hydroxylation is 2. The van der Waals surface area contributed by atoms with Gasteiger partial charge in [-0.25, -0.2) is 9.97 Å². The molecule has 1 aliphatic rings. The third-order valence-electron chi connectivity index (χ3n) is 4.34. The van der Waals surface area contributed by atoms with E-state index in [2.05, 4.69) is 15.3 Å².